The lowest BCUT2D eigenvalue weighted by Gasteiger charge is -2.24. The highest BCUT2D eigenvalue weighted by Crippen LogP contribution is 2.22. The fourth-order valence-corrected chi connectivity index (χ4v) is 2.54. The Labute approximate surface area is 118 Å². The van der Waals surface area contributed by atoms with Gasteiger partial charge in [0, 0.05) is 12.2 Å². The number of benzene rings is 1. The van der Waals surface area contributed by atoms with Crippen molar-refractivity contribution >= 4 is 11.6 Å². The lowest BCUT2D eigenvalue weighted by atomic mass is 10.0. The van der Waals surface area contributed by atoms with Crippen LogP contribution < -0.4 is 5.32 Å². The number of nitrogens with zero attached hydrogens (tertiary/aromatic N) is 1. The smallest absolute Gasteiger partial charge is 0.241 e. The Bertz CT molecular complexity index is 479. The van der Waals surface area contributed by atoms with E-state index in [2.05, 4.69) is 5.32 Å². The molecule has 2 N–H and O–H groups in total. The van der Waals surface area contributed by atoms with Gasteiger partial charge in [0.15, 0.2) is 0 Å². The molecule has 20 heavy (non-hydrogen) atoms. The van der Waals surface area contributed by atoms with Gasteiger partial charge in [-0.25, -0.2) is 4.39 Å². The van der Waals surface area contributed by atoms with Crippen LogP contribution in [0.4, 0.5) is 10.1 Å². The van der Waals surface area contributed by atoms with Crippen LogP contribution in [0.2, 0.25) is 0 Å². The molecule has 2 rings (SSSR count). The van der Waals surface area contributed by atoms with Gasteiger partial charge in [0.25, 0.3) is 0 Å². The van der Waals surface area contributed by atoms with Gasteiger partial charge in [0.2, 0.25) is 5.91 Å². The highest BCUT2D eigenvalue weighted by Gasteiger charge is 2.31. The predicted molar refractivity (Wildman–Crippen MR) is 75.9 cm³/mol. The monoisotopic (exact) mass is 280 g/mol. The summed E-state index contributed by atoms with van der Waals surface area (Å²) < 4.78 is 13.1. The van der Waals surface area contributed by atoms with E-state index in [1.165, 1.54) is 12.1 Å². The average Bonchev–Trinajstić information content (AvgIpc) is 2.87. The van der Waals surface area contributed by atoms with E-state index in [0.29, 0.717) is 5.69 Å². The molecule has 110 valence electrons. The normalized spacial score (nSPS) is 22.5. The Hall–Kier alpha value is -1.46. The second-order valence-corrected chi connectivity index (χ2v) is 5.46. The van der Waals surface area contributed by atoms with Gasteiger partial charge >= 0.3 is 0 Å². The van der Waals surface area contributed by atoms with Crippen molar-refractivity contribution in [1.82, 2.24) is 4.90 Å². The highest BCUT2D eigenvalue weighted by atomic mass is 19.1. The zero-order chi connectivity index (χ0) is 14.7. The number of rotatable bonds is 4. The first kappa shape index (κ1) is 14.9. The number of halogens is 1. The van der Waals surface area contributed by atoms with Crippen molar-refractivity contribution < 1.29 is 14.3 Å². The van der Waals surface area contributed by atoms with E-state index < -0.39 is 0 Å². The van der Waals surface area contributed by atoms with Crippen LogP contribution >= 0.6 is 0 Å². The summed E-state index contributed by atoms with van der Waals surface area (Å²) in [4.78, 5) is 14.2. The van der Waals surface area contributed by atoms with Crippen LogP contribution in [0.15, 0.2) is 24.3 Å². The lowest BCUT2D eigenvalue weighted by Crippen LogP contribution is -2.41. The van der Waals surface area contributed by atoms with E-state index >= 15 is 0 Å². The Balaban J connectivity index is 1.93. The summed E-state index contributed by atoms with van der Waals surface area (Å²) in [5.74, 6) is -0.299. The largest absolute Gasteiger partial charge is 0.393 e. The number of hydrogen-bond donors (Lipinski definition) is 2. The first-order chi connectivity index (χ1) is 9.47. The minimum atomic E-state index is -0.370. The fourth-order valence-electron chi connectivity index (χ4n) is 2.54. The summed E-state index contributed by atoms with van der Waals surface area (Å²) in [7, 11) is 0. The van der Waals surface area contributed by atoms with Gasteiger partial charge in [-0.2, -0.15) is 0 Å². The Morgan fingerprint density at radius 2 is 2.25 bits per heavy atom. The number of aliphatic hydroxyl groups is 1. The second-order valence-electron chi connectivity index (χ2n) is 5.46. The van der Waals surface area contributed by atoms with E-state index in [4.69, 9.17) is 0 Å². The fraction of sp³-hybridized carbons (Fsp3) is 0.533. The minimum absolute atomic E-state index is 0.151. The van der Waals surface area contributed by atoms with Crippen LogP contribution in [0, 0.1) is 11.7 Å². The number of hydrogen-bond acceptors (Lipinski definition) is 3. The Morgan fingerprint density at radius 1 is 1.50 bits per heavy atom. The first-order valence-electron chi connectivity index (χ1n) is 6.96. The molecular weight excluding hydrogens is 259 g/mol. The molecule has 1 amide bonds. The molecule has 3 atom stereocenters. The number of likely N-dealkylation sites (tertiary alicyclic amines) is 1. The molecule has 1 aromatic carbocycles. The molecule has 1 aliphatic rings. The molecule has 0 radical (unpaired) electrons. The SMILES string of the molecule is CC(O)C1CCN(C(C)C(=O)Nc2cccc(F)c2)C1. The van der Waals surface area contributed by atoms with Crippen molar-refractivity contribution in [1.29, 1.82) is 0 Å². The molecule has 1 aromatic rings. The van der Waals surface area contributed by atoms with E-state index in [-0.39, 0.29) is 29.8 Å². The summed E-state index contributed by atoms with van der Waals surface area (Å²) in [6.07, 6.45) is 0.549. The molecule has 1 aliphatic heterocycles. The van der Waals surface area contributed by atoms with E-state index in [1.807, 2.05) is 11.8 Å². The van der Waals surface area contributed by atoms with Crippen molar-refractivity contribution in [3.05, 3.63) is 30.1 Å². The molecule has 1 heterocycles. The van der Waals surface area contributed by atoms with Crippen LogP contribution in [0.5, 0.6) is 0 Å². The molecule has 3 unspecified atom stereocenters. The molecule has 0 aromatic heterocycles. The highest BCUT2D eigenvalue weighted by molar-refractivity contribution is 5.94. The number of anilines is 1. The Morgan fingerprint density at radius 3 is 2.85 bits per heavy atom. The molecular formula is C15H21FN2O2. The van der Waals surface area contributed by atoms with E-state index in [0.717, 1.165) is 19.5 Å². The van der Waals surface area contributed by atoms with Crippen LogP contribution in [-0.2, 0) is 4.79 Å². The zero-order valence-electron chi connectivity index (χ0n) is 11.8. The molecule has 0 bridgehead atoms. The van der Waals surface area contributed by atoms with Gasteiger partial charge < -0.3 is 10.4 Å². The van der Waals surface area contributed by atoms with Gasteiger partial charge in [0.05, 0.1) is 12.1 Å². The number of nitrogens with one attached hydrogen (secondary N) is 1. The molecule has 0 spiro atoms. The third-order valence-electron chi connectivity index (χ3n) is 3.96. The maximum atomic E-state index is 13.1. The number of carbonyl (C=O) groups excluding carboxylic acids is 1. The zero-order valence-corrected chi connectivity index (χ0v) is 11.8. The van der Waals surface area contributed by atoms with Crippen LogP contribution in [0.25, 0.3) is 0 Å². The third-order valence-corrected chi connectivity index (χ3v) is 3.96. The maximum absolute atomic E-state index is 13.1. The molecule has 1 fully saturated rings. The van der Waals surface area contributed by atoms with Crippen molar-refractivity contribution in [2.75, 3.05) is 18.4 Å². The second kappa shape index (κ2) is 6.33. The van der Waals surface area contributed by atoms with Crippen molar-refractivity contribution in [3.63, 3.8) is 0 Å². The standard InChI is InChI=1S/C15H21FN2O2/c1-10(18-7-6-12(9-18)11(2)19)15(20)17-14-5-3-4-13(16)8-14/h3-5,8,10-12,19H,6-7,9H2,1-2H3,(H,17,20). The van der Waals surface area contributed by atoms with Gasteiger partial charge in [-0.3, -0.25) is 9.69 Å². The average molecular weight is 280 g/mol. The van der Waals surface area contributed by atoms with Crippen molar-refractivity contribution in [2.24, 2.45) is 5.92 Å². The molecule has 5 heteroatoms. The summed E-state index contributed by atoms with van der Waals surface area (Å²) in [6.45, 7) is 5.13. The van der Waals surface area contributed by atoms with Gasteiger partial charge in [-0.15, -0.1) is 0 Å². The van der Waals surface area contributed by atoms with Crippen LogP contribution in [0.3, 0.4) is 0 Å². The third kappa shape index (κ3) is 3.55. The molecule has 4 nitrogen and oxygen atoms in total. The lowest BCUT2D eigenvalue weighted by molar-refractivity contribution is -0.120. The number of aliphatic hydroxyl groups excluding tert-OH is 1. The maximum Gasteiger partial charge on any atom is 0.241 e. The molecule has 0 saturated carbocycles. The summed E-state index contributed by atoms with van der Waals surface area (Å²) in [5.41, 5.74) is 0.466. The Kier molecular flexibility index (Phi) is 4.73. The molecule has 1 saturated heterocycles. The van der Waals surface area contributed by atoms with Gasteiger partial charge in [-0.1, -0.05) is 6.07 Å². The predicted octanol–water partition coefficient (Wildman–Crippen LogP) is 1.86. The van der Waals surface area contributed by atoms with Crippen molar-refractivity contribution in [3.8, 4) is 0 Å². The van der Waals surface area contributed by atoms with E-state index in [9.17, 15) is 14.3 Å². The van der Waals surface area contributed by atoms with Crippen LogP contribution in [0.1, 0.15) is 20.3 Å². The topological polar surface area (TPSA) is 52.6 Å². The number of carbonyl (C=O) groups is 1. The quantitative estimate of drug-likeness (QED) is 0.885. The minimum Gasteiger partial charge on any atom is -0.393 e. The van der Waals surface area contributed by atoms with Gasteiger partial charge in [0.1, 0.15) is 5.82 Å². The summed E-state index contributed by atoms with van der Waals surface area (Å²) in [5, 5.41) is 12.3. The number of amides is 1. The van der Waals surface area contributed by atoms with Crippen LogP contribution in [-0.4, -0.2) is 41.1 Å². The summed E-state index contributed by atoms with van der Waals surface area (Å²) in [6, 6.07) is 5.58. The van der Waals surface area contributed by atoms with E-state index in [1.54, 1.807) is 19.1 Å². The molecule has 0 aliphatic carbocycles. The first-order valence-corrected chi connectivity index (χ1v) is 6.96. The summed E-state index contributed by atoms with van der Waals surface area (Å²) >= 11 is 0. The van der Waals surface area contributed by atoms with Crippen molar-refractivity contribution in [2.45, 2.75) is 32.4 Å². The van der Waals surface area contributed by atoms with Gasteiger partial charge in [-0.05, 0) is 50.9 Å².